The second kappa shape index (κ2) is 7.84. The number of aromatic nitrogens is 2. The van der Waals surface area contributed by atoms with E-state index < -0.39 is 0 Å². The average molecular weight is 427 g/mol. The lowest BCUT2D eigenvalue weighted by Crippen LogP contribution is -2.40. The SMILES string of the molecule is O=C(Cc1csc(N2CCCC2=O)n1)N1CCC[C@@H](c2nc3ccccc3s2)C1. The van der Waals surface area contributed by atoms with E-state index in [1.807, 2.05) is 28.5 Å². The summed E-state index contributed by atoms with van der Waals surface area (Å²) in [6.07, 6.45) is 3.84. The zero-order chi connectivity index (χ0) is 19.8. The molecule has 2 saturated heterocycles. The first-order valence-corrected chi connectivity index (χ1v) is 11.7. The maximum absolute atomic E-state index is 12.9. The molecule has 2 aliphatic heterocycles. The minimum atomic E-state index is 0.111. The van der Waals surface area contributed by atoms with E-state index in [9.17, 15) is 9.59 Å². The van der Waals surface area contributed by atoms with Crippen LogP contribution in [0.4, 0.5) is 5.13 Å². The molecule has 2 fully saturated rings. The first kappa shape index (κ1) is 18.7. The maximum Gasteiger partial charge on any atom is 0.228 e. The number of hydrogen-bond acceptors (Lipinski definition) is 6. The van der Waals surface area contributed by atoms with Crippen molar-refractivity contribution < 1.29 is 9.59 Å². The van der Waals surface area contributed by atoms with Gasteiger partial charge in [-0.3, -0.25) is 14.5 Å². The maximum atomic E-state index is 12.9. The number of anilines is 1. The molecule has 2 aromatic heterocycles. The molecule has 2 amide bonds. The van der Waals surface area contributed by atoms with E-state index in [2.05, 4.69) is 11.1 Å². The third-order valence-electron chi connectivity index (χ3n) is 5.61. The van der Waals surface area contributed by atoms with Crippen molar-refractivity contribution in [1.29, 1.82) is 0 Å². The van der Waals surface area contributed by atoms with Crippen molar-refractivity contribution in [2.24, 2.45) is 0 Å². The Morgan fingerprint density at radius 1 is 1.17 bits per heavy atom. The zero-order valence-corrected chi connectivity index (χ0v) is 17.7. The number of carbonyl (C=O) groups excluding carboxylic acids is 2. The highest BCUT2D eigenvalue weighted by Crippen LogP contribution is 2.33. The van der Waals surface area contributed by atoms with Crippen LogP contribution in [0.1, 0.15) is 42.3 Å². The molecule has 5 rings (SSSR count). The van der Waals surface area contributed by atoms with Crippen LogP contribution in [0.3, 0.4) is 0 Å². The van der Waals surface area contributed by atoms with Crippen molar-refractivity contribution in [2.75, 3.05) is 24.5 Å². The van der Waals surface area contributed by atoms with Crippen molar-refractivity contribution in [1.82, 2.24) is 14.9 Å². The van der Waals surface area contributed by atoms with E-state index in [1.165, 1.54) is 16.0 Å². The molecule has 2 aliphatic rings. The van der Waals surface area contributed by atoms with Gasteiger partial charge in [0.1, 0.15) is 0 Å². The number of rotatable bonds is 4. The number of para-hydroxylation sites is 1. The molecule has 1 aromatic carbocycles. The Morgan fingerprint density at radius 3 is 2.90 bits per heavy atom. The van der Waals surface area contributed by atoms with Crippen LogP contribution in [0.25, 0.3) is 10.2 Å². The summed E-state index contributed by atoms with van der Waals surface area (Å²) in [6, 6.07) is 8.21. The van der Waals surface area contributed by atoms with Gasteiger partial charge in [0.05, 0.1) is 27.3 Å². The van der Waals surface area contributed by atoms with Gasteiger partial charge in [0.25, 0.3) is 0 Å². The van der Waals surface area contributed by atoms with E-state index in [-0.39, 0.29) is 11.8 Å². The lowest BCUT2D eigenvalue weighted by atomic mass is 9.98. The highest BCUT2D eigenvalue weighted by Gasteiger charge is 2.28. The molecule has 0 unspecified atom stereocenters. The number of thiazole rings is 2. The van der Waals surface area contributed by atoms with Gasteiger partial charge in [-0.05, 0) is 31.4 Å². The Kier molecular flexibility index (Phi) is 5.05. The molecular formula is C21H22N4O2S2. The first-order valence-electron chi connectivity index (χ1n) is 10.1. The number of amides is 2. The molecule has 29 heavy (non-hydrogen) atoms. The minimum Gasteiger partial charge on any atom is -0.342 e. The van der Waals surface area contributed by atoms with Gasteiger partial charge in [-0.25, -0.2) is 9.97 Å². The third kappa shape index (κ3) is 3.79. The molecule has 3 aromatic rings. The van der Waals surface area contributed by atoms with Crippen LogP contribution in [0.2, 0.25) is 0 Å². The fourth-order valence-corrected chi connectivity index (χ4v) is 6.05. The summed E-state index contributed by atoms with van der Waals surface area (Å²) in [4.78, 5) is 37.9. The molecule has 0 aliphatic carbocycles. The van der Waals surface area contributed by atoms with Gasteiger partial charge in [-0.15, -0.1) is 22.7 Å². The number of piperidine rings is 1. The van der Waals surface area contributed by atoms with Gasteiger partial charge in [0.15, 0.2) is 5.13 Å². The smallest absolute Gasteiger partial charge is 0.228 e. The molecule has 0 spiro atoms. The van der Waals surface area contributed by atoms with Crippen molar-refractivity contribution in [3.8, 4) is 0 Å². The largest absolute Gasteiger partial charge is 0.342 e. The van der Waals surface area contributed by atoms with Crippen molar-refractivity contribution in [2.45, 2.75) is 38.0 Å². The fourth-order valence-electron chi connectivity index (χ4n) is 4.09. The summed E-state index contributed by atoms with van der Waals surface area (Å²) < 4.78 is 1.21. The highest BCUT2D eigenvalue weighted by molar-refractivity contribution is 7.18. The van der Waals surface area contributed by atoms with E-state index in [0.717, 1.165) is 60.2 Å². The van der Waals surface area contributed by atoms with E-state index in [4.69, 9.17) is 4.98 Å². The average Bonchev–Trinajstić information content (AvgIpc) is 3.47. The van der Waals surface area contributed by atoms with Crippen LogP contribution >= 0.6 is 22.7 Å². The number of likely N-dealkylation sites (tertiary alicyclic amines) is 1. The number of fused-ring (bicyclic) bond motifs is 1. The van der Waals surface area contributed by atoms with Gasteiger partial charge in [0, 0.05) is 37.4 Å². The van der Waals surface area contributed by atoms with Crippen LogP contribution in [0.5, 0.6) is 0 Å². The third-order valence-corrected chi connectivity index (χ3v) is 7.72. The normalized spacial score (nSPS) is 20.0. The monoisotopic (exact) mass is 426 g/mol. The van der Waals surface area contributed by atoms with Gasteiger partial charge in [-0.1, -0.05) is 12.1 Å². The van der Waals surface area contributed by atoms with Crippen LogP contribution in [0.15, 0.2) is 29.6 Å². The van der Waals surface area contributed by atoms with Crippen molar-refractivity contribution >= 4 is 49.8 Å². The Labute approximate surface area is 177 Å². The number of nitrogens with zero attached hydrogens (tertiary/aromatic N) is 4. The summed E-state index contributed by atoms with van der Waals surface area (Å²) in [6.45, 7) is 2.25. The van der Waals surface area contributed by atoms with E-state index in [0.29, 0.717) is 18.8 Å². The summed E-state index contributed by atoms with van der Waals surface area (Å²) >= 11 is 3.20. The Hall–Kier alpha value is -2.32. The number of hydrogen-bond donors (Lipinski definition) is 0. The Morgan fingerprint density at radius 2 is 2.07 bits per heavy atom. The van der Waals surface area contributed by atoms with Crippen molar-refractivity contribution in [3.63, 3.8) is 0 Å². The van der Waals surface area contributed by atoms with Crippen LogP contribution < -0.4 is 4.90 Å². The van der Waals surface area contributed by atoms with Gasteiger partial charge < -0.3 is 4.90 Å². The molecule has 0 N–H and O–H groups in total. The molecule has 4 heterocycles. The van der Waals surface area contributed by atoms with E-state index >= 15 is 0 Å². The van der Waals surface area contributed by atoms with E-state index in [1.54, 1.807) is 16.2 Å². The standard InChI is InChI=1S/C21H22N4O2S2/c26-18-8-4-10-25(18)21-22-15(13-28-21)11-19(27)24-9-3-5-14(12-24)20-23-16-6-1-2-7-17(16)29-20/h1-2,6-7,13-14H,3-5,8-12H2/t14-/m1/s1. The second-order valence-corrected chi connectivity index (χ2v) is 9.54. The van der Waals surface area contributed by atoms with Gasteiger partial charge >= 0.3 is 0 Å². The molecule has 1 atom stereocenters. The molecule has 150 valence electrons. The highest BCUT2D eigenvalue weighted by atomic mass is 32.1. The number of carbonyl (C=O) groups is 2. The fraction of sp³-hybridized carbons (Fsp3) is 0.429. The van der Waals surface area contributed by atoms with Crippen LogP contribution in [0, 0.1) is 0 Å². The predicted molar refractivity (Wildman–Crippen MR) is 116 cm³/mol. The molecule has 8 heteroatoms. The second-order valence-electron chi connectivity index (χ2n) is 7.65. The van der Waals surface area contributed by atoms with Gasteiger partial charge in [0.2, 0.25) is 11.8 Å². The summed E-state index contributed by atoms with van der Waals surface area (Å²) in [5.74, 6) is 0.547. The number of benzene rings is 1. The molecular weight excluding hydrogens is 404 g/mol. The Balaban J connectivity index is 1.25. The van der Waals surface area contributed by atoms with Crippen LogP contribution in [-0.4, -0.2) is 46.3 Å². The topological polar surface area (TPSA) is 66.4 Å². The summed E-state index contributed by atoms with van der Waals surface area (Å²) in [7, 11) is 0. The molecule has 0 radical (unpaired) electrons. The van der Waals surface area contributed by atoms with Crippen LogP contribution in [-0.2, 0) is 16.0 Å². The summed E-state index contributed by atoms with van der Waals surface area (Å²) in [5.41, 5.74) is 1.80. The quantitative estimate of drug-likeness (QED) is 0.636. The molecule has 0 bridgehead atoms. The Bertz CT molecular complexity index is 1030. The van der Waals surface area contributed by atoms with Gasteiger partial charge in [-0.2, -0.15) is 0 Å². The zero-order valence-electron chi connectivity index (χ0n) is 16.0. The lowest BCUT2D eigenvalue weighted by molar-refractivity contribution is -0.131. The first-order chi connectivity index (χ1) is 14.2. The summed E-state index contributed by atoms with van der Waals surface area (Å²) in [5, 5.41) is 3.77. The molecule has 0 saturated carbocycles. The van der Waals surface area contributed by atoms with Crippen molar-refractivity contribution in [3.05, 3.63) is 40.3 Å². The molecule has 6 nitrogen and oxygen atoms in total. The predicted octanol–water partition coefficient (Wildman–Crippen LogP) is 3.83. The lowest BCUT2D eigenvalue weighted by Gasteiger charge is -2.31. The minimum absolute atomic E-state index is 0.111.